The lowest BCUT2D eigenvalue weighted by Gasteiger charge is -2.35. The van der Waals surface area contributed by atoms with Gasteiger partial charge in [0.2, 0.25) is 0 Å². The first-order valence-corrected chi connectivity index (χ1v) is 8.17. The molecule has 4 heteroatoms. The van der Waals surface area contributed by atoms with E-state index in [0.29, 0.717) is 0 Å². The van der Waals surface area contributed by atoms with Crippen molar-refractivity contribution in [1.29, 1.82) is 0 Å². The topological polar surface area (TPSA) is 35.6 Å². The van der Waals surface area contributed by atoms with Crippen molar-refractivity contribution in [3.8, 4) is 0 Å². The normalized spacial score (nSPS) is 19.0. The Kier molecular flexibility index (Phi) is 4.44. The number of carbonyl (C=O) groups is 1. The zero-order valence-electron chi connectivity index (χ0n) is 12.9. The van der Waals surface area contributed by atoms with Crippen molar-refractivity contribution in [2.24, 2.45) is 0 Å². The molecule has 0 saturated carbocycles. The van der Waals surface area contributed by atoms with Gasteiger partial charge in [-0.3, -0.25) is 9.69 Å². The van der Waals surface area contributed by atoms with Crippen molar-refractivity contribution in [2.75, 3.05) is 44.6 Å². The van der Waals surface area contributed by atoms with Gasteiger partial charge in [-0.2, -0.15) is 0 Å². The second-order valence-electron chi connectivity index (χ2n) is 6.00. The van der Waals surface area contributed by atoms with E-state index in [0.717, 1.165) is 63.4 Å². The van der Waals surface area contributed by atoms with Crippen molar-refractivity contribution in [3.05, 3.63) is 29.3 Å². The summed E-state index contributed by atoms with van der Waals surface area (Å²) in [6.07, 6.45) is 3.31. The molecule has 2 aliphatic rings. The molecule has 0 unspecified atom stereocenters. The molecule has 1 aromatic rings. The third-order valence-corrected chi connectivity index (χ3v) is 4.52. The van der Waals surface area contributed by atoms with Crippen molar-refractivity contribution in [3.63, 3.8) is 0 Å². The highest BCUT2D eigenvalue weighted by Crippen LogP contribution is 2.26. The molecular weight excluding hydrogens is 262 g/mol. The predicted octanol–water partition coefficient (Wildman–Crippen LogP) is 2.21. The maximum absolute atomic E-state index is 12.8. The number of nitrogens with zero attached hydrogens (tertiary/aromatic N) is 2. The van der Waals surface area contributed by atoms with Gasteiger partial charge in [0, 0.05) is 44.0 Å². The summed E-state index contributed by atoms with van der Waals surface area (Å²) < 4.78 is 0. The van der Waals surface area contributed by atoms with Crippen LogP contribution in [0.15, 0.2) is 18.2 Å². The Balaban J connectivity index is 1.72. The van der Waals surface area contributed by atoms with Gasteiger partial charge in [-0.05, 0) is 43.5 Å². The average molecular weight is 287 g/mol. The zero-order valence-corrected chi connectivity index (χ0v) is 12.9. The predicted molar refractivity (Wildman–Crippen MR) is 85.9 cm³/mol. The van der Waals surface area contributed by atoms with Gasteiger partial charge in [0.1, 0.15) is 0 Å². The van der Waals surface area contributed by atoms with E-state index in [1.165, 1.54) is 12.0 Å². The van der Waals surface area contributed by atoms with E-state index >= 15 is 0 Å². The second kappa shape index (κ2) is 6.48. The van der Waals surface area contributed by atoms with Crippen LogP contribution >= 0.6 is 0 Å². The van der Waals surface area contributed by atoms with E-state index in [9.17, 15) is 4.79 Å². The molecule has 2 heterocycles. The number of rotatable bonds is 3. The summed E-state index contributed by atoms with van der Waals surface area (Å²) in [7, 11) is 0. The Hall–Kier alpha value is -1.55. The van der Waals surface area contributed by atoms with Gasteiger partial charge in [-0.15, -0.1) is 0 Å². The van der Waals surface area contributed by atoms with Crippen molar-refractivity contribution >= 4 is 11.6 Å². The molecular formula is C17H25N3O. The molecule has 3 rings (SSSR count). The molecule has 1 fully saturated rings. The molecule has 1 saturated heterocycles. The maximum atomic E-state index is 12.8. The highest BCUT2D eigenvalue weighted by Gasteiger charge is 2.24. The highest BCUT2D eigenvalue weighted by atomic mass is 16.2. The SMILES string of the molecule is CCCN1CCN(C(=O)c2cccc3c2CCCN3)CC1. The van der Waals surface area contributed by atoms with E-state index in [-0.39, 0.29) is 5.91 Å². The van der Waals surface area contributed by atoms with Gasteiger partial charge in [0.25, 0.3) is 5.91 Å². The number of nitrogens with one attached hydrogen (secondary N) is 1. The Morgan fingerprint density at radius 1 is 1.24 bits per heavy atom. The van der Waals surface area contributed by atoms with Crippen LogP contribution in [0, 0.1) is 0 Å². The Labute approximate surface area is 127 Å². The molecule has 0 aliphatic carbocycles. The summed E-state index contributed by atoms with van der Waals surface area (Å²) >= 11 is 0. The molecule has 21 heavy (non-hydrogen) atoms. The standard InChI is InChI=1S/C17H25N3O/c1-2-9-19-10-12-20(13-11-19)17(21)15-5-3-7-16-14(15)6-4-8-18-16/h3,5,7,18H,2,4,6,8-13H2,1H3. The fourth-order valence-corrected chi connectivity index (χ4v) is 3.37. The van der Waals surface area contributed by atoms with Gasteiger partial charge >= 0.3 is 0 Å². The lowest BCUT2D eigenvalue weighted by molar-refractivity contribution is 0.0636. The van der Waals surface area contributed by atoms with Crippen LogP contribution in [0.5, 0.6) is 0 Å². The summed E-state index contributed by atoms with van der Waals surface area (Å²) in [6, 6.07) is 6.08. The van der Waals surface area contributed by atoms with Crippen LogP contribution in [0.4, 0.5) is 5.69 Å². The number of benzene rings is 1. The van der Waals surface area contributed by atoms with Gasteiger partial charge in [-0.1, -0.05) is 13.0 Å². The molecule has 0 bridgehead atoms. The fraction of sp³-hybridized carbons (Fsp3) is 0.588. The number of fused-ring (bicyclic) bond motifs is 1. The van der Waals surface area contributed by atoms with Gasteiger partial charge in [-0.25, -0.2) is 0 Å². The summed E-state index contributed by atoms with van der Waals surface area (Å²) in [5.41, 5.74) is 3.27. The van der Waals surface area contributed by atoms with Crippen LogP contribution in [0.25, 0.3) is 0 Å². The van der Waals surface area contributed by atoms with Crippen LogP contribution in [0.1, 0.15) is 35.7 Å². The first kappa shape index (κ1) is 14.4. The fourth-order valence-electron chi connectivity index (χ4n) is 3.37. The smallest absolute Gasteiger partial charge is 0.254 e. The molecule has 1 N–H and O–H groups in total. The number of carbonyl (C=O) groups excluding carboxylic acids is 1. The first-order chi connectivity index (χ1) is 10.3. The van der Waals surface area contributed by atoms with Gasteiger partial charge < -0.3 is 10.2 Å². The summed E-state index contributed by atoms with van der Waals surface area (Å²) in [6.45, 7) is 8.10. The summed E-state index contributed by atoms with van der Waals surface area (Å²) in [5, 5.41) is 3.41. The van der Waals surface area contributed by atoms with Crippen LogP contribution in [-0.2, 0) is 6.42 Å². The molecule has 4 nitrogen and oxygen atoms in total. The van der Waals surface area contributed by atoms with E-state index in [2.05, 4.69) is 23.2 Å². The number of hydrogen-bond acceptors (Lipinski definition) is 3. The highest BCUT2D eigenvalue weighted by molar-refractivity contribution is 5.97. The molecule has 114 valence electrons. The van der Waals surface area contributed by atoms with Crippen molar-refractivity contribution in [2.45, 2.75) is 26.2 Å². The maximum Gasteiger partial charge on any atom is 0.254 e. The van der Waals surface area contributed by atoms with E-state index in [1.807, 2.05) is 17.0 Å². The van der Waals surface area contributed by atoms with Crippen LogP contribution in [0.3, 0.4) is 0 Å². The molecule has 0 radical (unpaired) electrons. The van der Waals surface area contributed by atoms with E-state index in [4.69, 9.17) is 0 Å². The Morgan fingerprint density at radius 2 is 2.05 bits per heavy atom. The lowest BCUT2D eigenvalue weighted by atomic mass is 9.96. The minimum atomic E-state index is 0.215. The quantitative estimate of drug-likeness (QED) is 0.926. The minimum absolute atomic E-state index is 0.215. The molecule has 1 amide bonds. The molecule has 0 atom stereocenters. The first-order valence-electron chi connectivity index (χ1n) is 8.17. The summed E-state index contributed by atoms with van der Waals surface area (Å²) in [5.74, 6) is 0.215. The molecule has 1 aromatic carbocycles. The molecule has 2 aliphatic heterocycles. The number of anilines is 1. The summed E-state index contributed by atoms with van der Waals surface area (Å²) in [4.78, 5) is 17.3. The van der Waals surface area contributed by atoms with Gasteiger partial charge in [0.05, 0.1) is 0 Å². The molecule has 0 spiro atoms. The zero-order chi connectivity index (χ0) is 14.7. The van der Waals surface area contributed by atoms with Crippen molar-refractivity contribution < 1.29 is 4.79 Å². The van der Waals surface area contributed by atoms with Crippen LogP contribution in [-0.4, -0.2) is 55.0 Å². The van der Waals surface area contributed by atoms with E-state index in [1.54, 1.807) is 0 Å². The Bertz CT molecular complexity index is 507. The minimum Gasteiger partial charge on any atom is -0.385 e. The van der Waals surface area contributed by atoms with E-state index < -0.39 is 0 Å². The third-order valence-electron chi connectivity index (χ3n) is 4.52. The number of hydrogen-bond donors (Lipinski definition) is 1. The molecule has 0 aromatic heterocycles. The van der Waals surface area contributed by atoms with Gasteiger partial charge in [0.15, 0.2) is 0 Å². The number of amides is 1. The average Bonchev–Trinajstić information content (AvgIpc) is 2.55. The third kappa shape index (κ3) is 3.05. The van der Waals surface area contributed by atoms with Crippen molar-refractivity contribution in [1.82, 2.24) is 9.80 Å². The second-order valence-corrected chi connectivity index (χ2v) is 6.00. The lowest BCUT2D eigenvalue weighted by Crippen LogP contribution is -2.49. The largest absolute Gasteiger partial charge is 0.385 e. The number of piperazine rings is 1. The van der Waals surface area contributed by atoms with Crippen LogP contribution in [0.2, 0.25) is 0 Å². The monoisotopic (exact) mass is 287 g/mol. The Morgan fingerprint density at radius 3 is 2.81 bits per heavy atom. The van der Waals surface area contributed by atoms with Crippen LogP contribution < -0.4 is 5.32 Å².